The molecule has 0 bridgehead atoms. The summed E-state index contributed by atoms with van der Waals surface area (Å²) in [6.45, 7) is 3.78. The van der Waals surface area contributed by atoms with E-state index >= 15 is 0 Å². The standard InChI is InChI=1S/C12H16N2O2/c1-8-5-4-6-10-11(8)14(9(2)7-15)12(16)13(10)3/h4-6,9,15H,7H2,1-3H3. The summed E-state index contributed by atoms with van der Waals surface area (Å²) in [5.41, 5.74) is 2.79. The van der Waals surface area contributed by atoms with Crippen LogP contribution in [-0.4, -0.2) is 20.8 Å². The topological polar surface area (TPSA) is 47.2 Å². The second-order valence-corrected chi connectivity index (χ2v) is 4.19. The summed E-state index contributed by atoms with van der Waals surface area (Å²) >= 11 is 0. The lowest BCUT2D eigenvalue weighted by Gasteiger charge is -2.10. The Morgan fingerprint density at radius 3 is 2.75 bits per heavy atom. The van der Waals surface area contributed by atoms with Gasteiger partial charge >= 0.3 is 5.69 Å². The summed E-state index contributed by atoms with van der Waals surface area (Å²) in [4.78, 5) is 12.1. The number of fused-ring (bicyclic) bond motifs is 1. The number of aromatic nitrogens is 2. The molecular formula is C12H16N2O2. The number of para-hydroxylation sites is 1. The number of benzene rings is 1. The largest absolute Gasteiger partial charge is 0.394 e. The second kappa shape index (κ2) is 3.79. The smallest absolute Gasteiger partial charge is 0.329 e. The van der Waals surface area contributed by atoms with Gasteiger partial charge in [-0.25, -0.2) is 4.79 Å². The Bertz CT molecular complexity index is 580. The molecule has 86 valence electrons. The third kappa shape index (κ3) is 1.38. The monoisotopic (exact) mass is 220 g/mol. The lowest BCUT2D eigenvalue weighted by molar-refractivity contribution is 0.238. The molecule has 4 heteroatoms. The van der Waals surface area contributed by atoms with Crippen molar-refractivity contribution in [1.82, 2.24) is 9.13 Å². The Balaban J connectivity index is 2.92. The zero-order chi connectivity index (χ0) is 11.9. The van der Waals surface area contributed by atoms with Crippen molar-refractivity contribution in [3.05, 3.63) is 34.2 Å². The molecule has 4 nitrogen and oxygen atoms in total. The van der Waals surface area contributed by atoms with Crippen LogP contribution in [0.3, 0.4) is 0 Å². The van der Waals surface area contributed by atoms with Crippen LogP contribution in [0.15, 0.2) is 23.0 Å². The Morgan fingerprint density at radius 2 is 2.12 bits per heavy atom. The van der Waals surface area contributed by atoms with Gasteiger partial charge in [0.25, 0.3) is 0 Å². The van der Waals surface area contributed by atoms with Crippen molar-refractivity contribution in [3.8, 4) is 0 Å². The highest BCUT2D eigenvalue weighted by atomic mass is 16.3. The Hall–Kier alpha value is -1.55. The summed E-state index contributed by atoms with van der Waals surface area (Å²) < 4.78 is 3.28. The van der Waals surface area contributed by atoms with Gasteiger partial charge < -0.3 is 5.11 Å². The molecule has 0 aliphatic heterocycles. The number of aliphatic hydroxyl groups excluding tert-OH is 1. The fourth-order valence-electron chi connectivity index (χ4n) is 2.08. The number of nitrogens with zero attached hydrogens (tertiary/aromatic N) is 2. The number of rotatable bonds is 2. The molecule has 1 N–H and O–H groups in total. The van der Waals surface area contributed by atoms with Gasteiger partial charge in [-0.2, -0.15) is 0 Å². The van der Waals surface area contributed by atoms with Crippen molar-refractivity contribution in [2.75, 3.05) is 6.61 Å². The van der Waals surface area contributed by atoms with Crippen molar-refractivity contribution >= 4 is 11.0 Å². The molecule has 0 aliphatic rings. The van der Waals surface area contributed by atoms with Gasteiger partial charge in [0.05, 0.1) is 23.7 Å². The molecule has 0 spiro atoms. The third-order valence-corrected chi connectivity index (χ3v) is 3.02. The van der Waals surface area contributed by atoms with E-state index in [-0.39, 0.29) is 18.3 Å². The van der Waals surface area contributed by atoms with Crippen LogP contribution in [-0.2, 0) is 7.05 Å². The zero-order valence-corrected chi connectivity index (χ0v) is 9.77. The zero-order valence-electron chi connectivity index (χ0n) is 9.77. The van der Waals surface area contributed by atoms with E-state index in [0.29, 0.717) is 0 Å². The maximum Gasteiger partial charge on any atom is 0.329 e. The molecule has 16 heavy (non-hydrogen) atoms. The van der Waals surface area contributed by atoms with Crippen LogP contribution in [0.4, 0.5) is 0 Å². The maximum atomic E-state index is 12.1. The van der Waals surface area contributed by atoms with Gasteiger partial charge in [0, 0.05) is 7.05 Å². The maximum absolute atomic E-state index is 12.1. The van der Waals surface area contributed by atoms with E-state index in [1.165, 1.54) is 0 Å². The minimum Gasteiger partial charge on any atom is -0.394 e. The van der Waals surface area contributed by atoms with E-state index in [1.54, 1.807) is 16.2 Å². The predicted molar refractivity (Wildman–Crippen MR) is 63.7 cm³/mol. The van der Waals surface area contributed by atoms with Crippen LogP contribution in [0.25, 0.3) is 11.0 Å². The first-order valence-electron chi connectivity index (χ1n) is 5.35. The Labute approximate surface area is 93.7 Å². The lowest BCUT2D eigenvalue weighted by atomic mass is 10.2. The van der Waals surface area contributed by atoms with E-state index in [1.807, 2.05) is 32.0 Å². The Morgan fingerprint density at radius 1 is 1.44 bits per heavy atom. The molecule has 0 saturated carbocycles. The average Bonchev–Trinajstić information content (AvgIpc) is 2.54. The van der Waals surface area contributed by atoms with E-state index in [4.69, 9.17) is 0 Å². The summed E-state index contributed by atoms with van der Waals surface area (Å²) in [6, 6.07) is 5.63. The molecular weight excluding hydrogens is 204 g/mol. The highest BCUT2D eigenvalue weighted by Crippen LogP contribution is 2.19. The van der Waals surface area contributed by atoms with Crippen molar-refractivity contribution in [2.45, 2.75) is 19.9 Å². The highest BCUT2D eigenvalue weighted by molar-refractivity contribution is 5.79. The van der Waals surface area contributed by atoms with Crippen molar-refractivity contribution < 1.29 is 5.11 Å². The molecule has 0 aliphatic carbocycles. The van der Waals surface area contributed by atoms with E-state index < -0.39 is 0 Å². The summed E-state index contributed by atoms with van der Waals surface area (Å²) in [5.74, 6) is 0. The van der Waals surface area contributed by atoms with Crippen LogP contribution in [0.5, 0.6) is 0 Å². The molecule has 0 fully saturated rings. The van der Waals surface area contributed by atoms with Gasteiger partial charge in [0.2, 0.25) is 0 Å². The minimum absolute atomic E-state index is 0.0344. The average molecular weight is 220 g/mol. The number of aliphatic hydroxyl groups is 1. The fourth-order valence-corrected chi connectivity index (χ4v) is 2.08. The first kappa shape index (κ1) is 11.0. The summed E-state index contributed by atoms with van der Waals surface area (Å²) in [6.07, 6.45) is 0. The molecule has 2 aromatic rings. The first-order chi connectivity index (χ1) is 7.57. The van der Waals surface area contributed by atoms with E-state index in [2.05, 4.69) is 0 Å². The number of aryl methyl sites for hydroxylation is 2. The second-order valence-electron chi connectivity index (χ2n) is 4.19. The minimum atomic E-state index is -0.197. The quantitative estimate of drug-likeness (QED) is 0.826. The molecule has 1 unspecified atom stereocenters. The van der Waals surface area contributed by atoms with E-state index in [9.17, 15) is 9.90 Å². The molecule has 0 amide bonds. The molecule has 1 atom stereocenters. The van der Waals surface area contributed by atoms with Crippen LogP contribution in [0, 0.1) is 6.92 Å². The summed E-state index contributed by atoms with van der Waals surface area (Å²) in [7, 11) is 1.75. The normalized spacial score (nSPS) is 13.2. The van der Waals surface area contributed by atoms with Gasteiger partial charge in [-0.05, 0) is 25.5 Å². The van der Waals surface area contributed by atoms with Crippen LogP contribution in [0.1, 0.15) is 18.5 Å². The lowest BCUT2D eigenvalue weighted by Crippen LogP contribution is -2.26. The molecule has 0 radical (unpaired) electrons. The number of hydrogen-bond acceptors (Lipinski definition) is 2. The van der Waals surface area contributed by atoms with Gasteiger partial charge in [0.15, 0.2) is 0 Å². The van der Waals surface area contributed by atoms with Crippen LogP contribution < -0.4 is 5.69 Å². The van der Waals surface area contributed by atoms with Crippen LogP contribution in [0.2, 0.25) is 0 Å². The number of hydrogen-bond donors (Lipinski definition) is 1. The predicted octanol–water partition coefficient (Wildman–Crippen LogP) is 1.20. The van der Waals surface area contributed by atoms with Crippen molar-refractivity contribution in [3.63, 3.8) is 0 Å². The Kier molecular flexibility index (Phi) is 2.59. The molecule has 0 saturated heterocycles. The van der Waals surface area contributed by atoms with E-state index in [0.717, 1.165) is 16.6 Å². The van der Waals surface area contributed by atoms with Gasteiger partial charge in [0.1, 0.15) is 0 Å². The van der Waals surface area contributed by atoms with Crippen molar-refractivity contribution in [2.24, 2.45) is 7.05 Å². The number of imidazole rings is 1. The SMILES string of the molecule is Cc1cccc2c1n(C(C)CO)c(=O)n2C. The van der Waals surface area contributed by atoms with Gasteiger partial charge in [-0.15, -0.1) is 0 Å². The van der Waals surface area contributed by atoms with Gasteiger partial charge in [-0.3, -0.25) is 9.13 Å². The van der Waals surface area contributed by atoms with Crippen LogP contribution >= 0.6 is 0 Å². The van der Waals surface area contributed by atoms with Crippen molar-refractivity contribution in [1.29, 1.82) is 0 Å². The highest BCUT2D eigenvalue weighted by Gasteiger charge is 2.16. The first-order valence-corrected chi connectivity index (χ1v) is 5.35. The van der Waals surface area contributed by atoms with Gasteiger partial charge in [-0.1, -0.05) is 12.1 Å². The summed E-state index contributed by atoms with van der Waals surface area (Å²) in [5, 5.41) is 9.20. The third-order valence-electron chi connectivity index (χ3n) is 3.02. The molecule has 2 rings (SSSR count). The fraction of sp³-hybridized carbons (Fsp3) is 0.417. The molecule has 1 aromatic heterocycles. The molecule has 1 aromatic carbocycles. The molecule has 1 heterocycles.